The van der Waals surface area contributed by atoms with Crippen LogP contribution in [0.2, 0.25) is 0 Å². The van der Waals surface area contributed by atoms with Crippen LogP contribution in [0.15, 0.2) is 11.6 Å². The van der Waals surface area contributed by atoms with Crippen LogP contribution in [0.25, 0.3) is 0 Å². The minimum absolute atomic E-state index is 0.00451. The van der Waals surface area contributed by atoms with Gasteiger partial charge in [0.15, 0.2) is 6.29 Å². The van der Waals surface area contributed by atoms with Crippen LogP contribution in [0.1, 0.15) is 113 Å². The fourth-order valence-corrected chi connectivity index (χ4v) is 13.4. The minimum atomic E-state index is -1.76. The molecule has 2 aliphatic heterocycles. The van der Waals surface area contributed by atoms with Gasteiger partial charge in [-0.1, -0.05) is 60.1 Å². The molecule has 7 aliphatic rings. The van der Waals surface area contributed by atoms with Gasteiger partial charge in [0.2, 0.25) is 6.29 Å². The van der Waals surface area contributed by atoms with Crippen molar-refractivity contribution in [1.29, 1.82) is 0 Å². The molecule has 2 saturated heterocycles. The van der Waals surface area contributed by atoms with E-state index in [1.165, 1.54) is 5.57 Å². The molecular weight excluding hydrogens is 712 g/mol. The quantitative estimate of drug-likeness (QED) is 0.144. The first-order valence-electron chi connectivity index (χ1n) is 20.8. The maximum absolute atomic E-state index is 14.8. The third-order valence-electron chi connectivity index (χ3n) is 17.2. The summed E-state index contributed by atoms with van der Waals surface area (Å²) in [7, 11) is 0. The Kier molecular flexibility index (Phi) is 10.8. The zero-order chi connectivity index (χ0) is 40.3. The number of aliphatic hydroxyl groups excluding tert-OH is 8. The Hall–Kier alpha value is -1.23. The Morgan fingerprint density at radius 2 is 1.35 bits per heavy atom. The van der Waals surface area contributed by atoms with Crippen LogP contribution in [-0.4, -0.2) is 128 Å². The maximum Gasteiger partial charge on any atom is 0.315 e. The lowest BCUT2D eigenvalue weighted by molar-refractivity contribution is -0.328. The zero-order valence-corrected chi connectivity index (χ0v) is 33.8. The average Bonchev–Trinajstić information content (AvgIpc) is 3.12. The van der Waals surface area contributed by atoms with Gasteiger partial charge in [0.1, 0.15) is 48.8 Å². The molecule has 3 unspecified atom stereocenters. The van der Waals surface area contributed by atoms with E-state index in [1.807, 2.05) is 0 Å². The molecule has 0 bridgehead atoms. The molecule has 0 aromatic rings. The van der Waals surface area contributed by atoms with Crippen molar-refractivity contribution in [2.45, 2.75) is 180 Å². The monoisotopic (exact) mass is 780 g/mol. The molecule has 4 saturated carbocycles. The smallest absolute Gasteiger partial charge is 0.315 e. The van der Waals surface area contributed by atoms with E-state index >= 15 is 0 Å². The van der Waals surface area contributed by atoms with E-state index in [4.69, 9.17) is 18.9 Å². The Bertz CT molecular complexity index is 1480. The van der Waals surface area contributed by atoms with Gasteiger partial charge in [-0.2, -0.15) is 0 Å². The van der Waals surface area contributed by atoms with E-state index in [0.29, 0.717) is 24.7 Å². The van der Waals surface area contributed by atoms with Crippen molar-refractivity contribution < 1.29 is 64.6 Å². The van der Waals surface area contributed by atoms with Gasteiger partial charge in [-0.05, 0) is 109 Å². The van der Waals surface area contributed by atoms with Crippen molar-refractivity contribution >= 4 is 5.97 Å². The zero-order valence-electron chi connectivity index (χ0n) is 33.8. The van der Waals surface area contributed by atoms with E-state index in [-0.39, 0.29) is 39.1 Å². The first-order valence-corrected chi connectivity index (χ1v) is 20.8. The first-order chi connectivity index (χ1) is 25.6. The van der Waals surface area contributed by atoms with Gasteiger partial charge in [0.25, 0.3) is 0 Å². The van der Waals surface area contributed by atoms with Crippen LogP contribution in [-0.2, 0) is 23.7 Å². The summed E-state index contributed by atoms with van der Waals surface area (Å²) in [5.41, 5.74) is 0.212. The van der Waals surface area contributed by atoms with Crippen molar-refractivity contribution in [2.75, 3.05) is 13.2 Å². The average molecular weight is 781 g/mol. The standard InChI is InChI=1S/C42H68O13/c1-37(2)14-16-42(36(51)55-35-33(50)31(48)29(46)24(54-35)20-52-34-32(49)30(47)28(45)23(19-43)53-34)17-15-40(6)21(22(42)18-37)8-9-26-39(5)12-11-27(44)38(3,4)25(39)10-13-41(26,40)7/h8,22-35,43-50H,9-20H2,1-7H3/t22?,23-,24-,25?,26?,27+,28-,29-,30+,31+,32-,33-,34-,35+,39+,40-,41-,42+/m1/s1. The lowest BCUT2D eigenvalue weighted by Gasteiger charge is -2.71. The lowest BCUT2D eigenvalue weighted by atomic mass is 9.33. The molecule has 0 amide bonds. The van der Waals surface area contributed by atoms with Gasteiger partial charge in [-0.15, -0.1) is 0 Å². The van der Waals surface area contributed by atoms with E-state index in [0.717, 1.165) is 51.4 Å². The number of hydrogen-bond donors (Lipinski definition) is 8. The molecule has 13 nitrogen and oxygen atoms in total. The van der Waals surface area contributed by atoms with Crippen molar-refractivity contribution in [2.24, 2.45) is 50.2 Å². The van der Waals surface area contributed by atoms with Crippen LogP contribution < -0.4 is 0 Å². The fourth-order valence-electron chi connectivity index (χ4n) is 13.4. The highest BCUT2D eigenvalue weighted by molar-refractivity contribution is 5.79. The normalized spacial score (nSPS) is 53.1. The third kappa shape index (κ3) is 6.31. The molecule has 2 heterocycles. The summed E-state index contributed by atoms with van der Waals surface area (Å²) in [5, 5.41) is 84.2. The van der Waals surface area contributed by atoms with Crippen LogP contribution in [0, 0.1) is 50.2 Å². The number of fused-ring (bicyclic) bond motifs is 7. The van der Waals surface area contributed by atoms with E-state index < -0.39 is 86.0 Å². The van der Waals surface area contributed by atoms with Gasteiger partial charge in [0.05, 0.1) is 24.7 Å². The second-order valence-corrected chi connectivity index (χ2v) is 20.7. The van der Waals surface area contributed by atoms with Gasteiger partial charge in [-0.25, -0.2) is 0 Å². The Labute approximate surface area is 325 Å². The van der Waals surface area contributed by atoms with Crippen molar-refractivity contribution in [3.63, 3.8) is 0 Å². The minimum Gasteiger partial charge on any atom is -0.432 e. The molecule has 55 heavy (non-hydrogen) atoms. The molecule has 0 aromatic heterocycles. The Morgan fingerprint density at radius 3 is 2.02 bits per heavy atom. The summed E-state index contributed by atoms with van der Waals surface area (Å²) in [6.45, 7) is 15.3. The first kappa shape index (κ1) is 41.9. The van der Waals surface area contributed by atoms with E-state index in [9.17, 15) is 45.6 Å². The number of aliphatic hydroxyl groups is 8. The lowest BCUT2D eigenvalue weighted by Crippen LogP contribution is -2.65. The largest absolute Gasteiger partial charge is 0.432 e. The van der Waals surface area contributed by atoms with Crippen molar-refractivity contribution in [3.8, 4) is 0 Å². The third-order valence-corrected chi connectivity index (χ3v) is 17.2. The summed E-state index contributed by atoms with van der Waals surface area (Å²) in [6.07, 6.45) is -5.21. The van der Waals surface area contributed by atoms with Gasteiger partial charge >= 0.3 is 5.97 Å². The molecule has 13 heteroatoms. The predicted octanol–water partition coefficient (Wildman–Crippen LogP) is 2.32. The highest BCUT2D eigenvalue weighted by Gasteiger charge is 2.69. The molecule has 0 radical (unpaired) electrons. The molecule has 314 valence electrons. The van der Waals surface area contributed by atoms with Crippen molar-refractivity contribution in [1.82, 2.24) is 0 Å². The van der Waals surface area contributed by atoms with Crippen LogP contribution in [0.4, 0.5) is 0 Å². The highest BCUT2D eigenvalue weighted by atomic mass is 16.7. The van der Waals surface area contributed by atoms with Crippen LogP contribution in [0.3, 0.4) is 0 Å². The summed E-state index contributed by atoms with van der Waals surface area (Å²) in [4.78, 5) is 14.8. The summed E-state index contributed by atoms with van der Waals surface area (Å²) >= 11 is 0. The van der Waals surface area contributed by atoms with Gasteiger partial charge < -0.3 is 59.8 Å². The molecule has 0 aromatic carbocycles. The number of carbonyl (C=O) groups is 1. The predicted molar refractivity (Wildman–Crippen MR) is 198 cm³/mol. The van der Waals surface area contributed by atoms with Gasteiger partial charge in [-0.3, -0.25) is 4.79 Å². The summed E-state index contributed by atoms with van der Waals surface area (Å²) < 4.78 is 23.0. The maximum atomic E-state index is 14.8. The topological polar surface area (TPSA) is 216 Å². The highest BCUT2D eigenvalue weighted by Crippen LogP contribution is 2.76. The second kappa shape index (κ2) is 14.2. The van der Waals surface area contributed by atoms with E-state index in [2.05, 4.69) is 54.5 Å². The molecular formula is C42H68O13. The Morgan fingerprint density at radius 1 is 0.727 bits per heavy atom. The fraction of sp³-hybridized carbons (Fsp3) is 0.929. The molecule has 8 N–H and O–H groups in total. The van der Waals surface area contributed by atoms with Gasteiger partial charge in [0, 0.05) is 0 Å². The van der Waals surface area contributed by atoms with Crippen LogP contribution in [0.5, 0.6) is 0 Å². The summed E-state index contributed by atoms with van der Waals surface area (Å²) in [6, 6.07) is 0. The number of allylic oxidation sites excluding steroid dienone is 2. The number of rotatable bonds is 6. The number of esters is 1. The second-order valence-electron chi connectivity index (χ2n) is 20.7. The molecule has 6 fully saturated rings. The Balaban J connectivity index is 1.13. The SMILES string of the molecule is CC1(C)CC[C@]2(C(=O)O[C@@H]3O[C@H](CO[C@@H]4O[C@H](CO)[C@@H](O)[C@H](O)[C@H]4O)[C@@H](O)[C@H](O)[C@H]3O)CC[C@]3(C)C(=CCC4[C@@]5(C)CC[C@H](O)C(C)(C)C5CC[C@]43C)C2C1. The van der Waals surface area contributed by atoms with E-state index in [1.54, 1.807) is 0 Å². The van der Waals surface area contributed by atoms with Crippen molar-refractivity contribution in [3.05, 3.63) is 11.6 Å². The summed E-state index contributed by atoms with van der Waals surface area (Å²) in [5.74, 6) is 0.269. The number of carbonyl (C=O) groups excluding carboxylic acids is 1. The molecule has 7 rings (SSSR count). The molecule has 0 spiro atoms. The number of ether oxygens (including phenoxy) is 4. The molecule has 18 atom stereocenters. The number of hydrogen-bond acceptors (Lipinski definition) is 13. The van der Waals surface area contributed by atoms with Crippen LogP contribution >= 0.6 is 0 Å². The molecule has 5 aliphatic carbocycles.